The van der Waals surface area contributed by atoms with E-state index >= 15 is 0 Å². The van der Waals surface area contributed by atoms with E-state index in [1.165, 1.54) is 0 Å². The van der Waals surface area contributed by atoms with E-state index in [0.29, 0.717) is 11.0 Å². The summed E-state index contributed by atoms with van der Waals surface area (Å²) in [6.45, 7) is 9.02. The molecule has 0 unspecified atom stereocenters. The van der Waals surface area contributed by atoms with Crippen LogP contribution in [-0.4, -0.2) is 36.0 Å². The number of anilines is 1. The molecule has 1 rings (SSSR count). The third kappa shape index (κ3) is 4.07. The normalized spacial score (nSPS) is 10.8. The van der Waals surface area contributed by atoms with Crippen LogP contribution < -0.4 is 10.2 Å². The van der Waals surface area contributed by atoms with Crippen LogP contribution in [-0.2, 0) is 4.79 Å². The lowest BCUT2D eigenvalue weighted by molar-refractivity contribution is -0.119. The summed E-state index contributed by atoms with van der Waals surface area (Å²) in [6.07, 6.45) is 0.926. The van der Waals surface area contributed by atoms with Crippen molar-refractivity contribution in [1.82, 2.24) is 15.3 Å². The highest BCUT2D eigenvalue weighted by Gasteiger charge is 2.18. The Morgan fingerprint density at radius 2 is 2.05 bits per heavy atom. The topological polar surface area (TPSA) is 58.1 Å². The maximum absolute atomic E-state index is 11.7. The van der Waals surface area contributed by atoms with Crippen molar-refractivity contribution in [3.63, 3.8) is 0 Å². The molecule has 0 saturated carbocycles. The molecule has 0 radical (unpaired) electrons. The molecular weight excluding hydrogens is 276 g/mol. The van der Waals surface area contributed by atoms with Gasteiger partial charge < -0.3 is 10.2 Å². The van der Waals surface area contributed by atoms with Gasteiger partial charge >= 0.3 is 0 Å². The van der Waals surface area contributed by atoms with E-state index in [4.69, 9.17) is 11.6 Å². The van der Waals surface area contributed by atoms with E-state index < -0.39 is 0 Å². The number of halogens is 1. The summed E-state index contributed by atoms with van der Waals surface area (Å²) in [7, 11) is 1.63. The van der Waals surface area contributed by atoms with Gasteiger partial charge in [0.05, 0.1) is 6.54 Å². The van der Waals surface area contributed by atoms with Crippen LogP contribution in [0.3, 0.4) is 0 Å². The molecular formula is C14H23ClN4O. The van der Waals surface area contributed by atoms with Gasteiger partial charge in [-0.05, 0) is 13.3 Å². The number of carbonyl (C=O) groups is 1. The predicted molar refractivity (Wildman–Crippen MR) is 82.4 cm³/mol. The molecule has 0 aromatic carbocycles. The predicted octanol–water partition coefficient (Wildman–Crippen LogP) is 2.52. The fourth-order valence-electron chi connectivity index (χ4n) is 1.84. The van der Waals surface area contributed by atoms with Crippen LogP contribution in [0.15, 0.2) is 0 Å². The first-order valence-corrected chi connectivity index (χ1v) is 7.28. The number of carbonyl (C=O) groups excluding carboxylic acids is 1. The number of hydrogen-bond donors (Lipinski definition) is 1. The molecule has 0 saturated heterocycles. The van der Waals surface area contributed by atoms with E-state index in [-0.39, 0.29) is 18.4 Å². The Hall–Kier alpha value is -1.36. The lowest BCUT2D eigenvalue weighted by atomic mass is 10.2. The van der Waals surface area contributed by atoms with Gasteiger partial charge in [-0.15, -0.1) is 0 Å². The molecule has 112 valence electrons. The maximum atomic E-state index is 11.7. The highest BCUT2D eigenvalue weighted by molar-refractivity contribution is 6.30. The molecule has 1 aromatic heterocycles. The first kappa shape index (κ1) is 16.7. The van der Waals surface area contributed by atoms with E-state index in [0.717, 1.165) is 24.3 Å². The van der Waals surface area contributed by atoms with Gasteiger partial charge in [-0.25, -0.2) is 9.97 Å². The van der Waals surface area contributed by atoms with Gasteiger partial charge in [0, 0.05) is 25.1 Å². The molecule has 0 atom stereocenters. The minimum Gasteiger partial charge on any atom is -0.358 e. The Balaban J connectivity index is 3.20. The number of hydrogen-bond acceptors (Lipinski definition) is 4. The van der Waals surface area contributed by atoms with Crippen LogP contribution in [0.2, 0.25) is 5.15 Å². The Kier molecular flexibility index (Phi) is 6.20. The summed E-state index contributed by atoms with van der Waals surface area (Å²) in [5, 5.41) is 3.09. The zero-order valence-electron chi connectivity index (χ0n) is 12.8. The van der Waals surface area contributed by atoms with Crippen LogP contribution in [0.1, 0.15) is 44.5 Å². The lowest BCUT2D eigenvalue weighted by Crippen LogP contribution is -2.37. The van der Waals surface area contributed by atoms with E-state index in [1.54, 1.807) is 7.05 Å². The molecule has 6 heteroatoms. The number of amides is 1. The van der Waals surface area contributed by atoms with Crippen molar-refractivity contribution in [2.24, 2.45) is 0 Å². The highest BCUT2D eigenvalue weighted by Crippen LogP contribution is 2.25. The third-order valence-electron chi connectivity index (χ3n) is 3.00. The Morgan fingerprint density at radius 3 is 2.55 bits per heavy atom. The standard InChI is InChI=1S/C14H23ClN4O/c1-6-7-19(8-11(20)16-5)14-10(4)12(15)17-13(18-14)9(2)3/h9H,6-8H2,1-5H3,(H,16,20). The van der Waals surface area contributed by atoms with Crippen molar-refractivity contribution in [1.29, 1.82) is 0 Å². The Bertz CT molecular complexity index is 476. The number of nitrogens with one attached hydrogen (secondary N) is 1. The van der Waals surface area contributed by atoms with Gasteiger partial charge in [0.2, 0.25) is 5.91 Å². The number of aromatic nitrogens is 2. The molecule has 1 amide bonds. The quantitative estimate of drug-likeness (QED) is 0.820. The molecule has 0 aliphatic rings. The smallest absolute Gasteiger partial charge is 0.239 e. The molecule has 0 aliphatic carbocycles. The summed E-state index contributed by atoms with van der Waals surface area (Å²) < 4.78 is 0. The molecule has 1 heterocycles. The molecule has 5 nitrogen and oxygen atoms in total. The SMILES string of the molecule is CCCN(CC(=O)NC)c1nc(C(C)C)nc(Cl)c1C. The van der Waals surface area contributed by atoms with Crippen molar-refractivity contribution >= 4 is 23.3 Å². The average Bonchev–Trinajstić information content (AvgIpc) is 2.40. The largest absolute Gasteiger partial charge is 0.358 e. The lowest BCUT2D eigenvalue weighted by Gasteiger charge is -2.25. The van der Waals surface area contributed by atoms with Crippen LogP contribution in [0.5, 0.6) is 0 Å². The second-order valence-corrected chi connectivity index (χ2v) is 5.43. The first-order valence-electron chi connectivity index (χ1n) is 6.90. The van der Waals surface area contributed by atoms with Crippen LogP contribution >= 0.6 is 11.6 Å². The van der Waals surface area contributed by atoms with Gasteiger partial charge in [-0.2, -0.15) is 0 Å². The fraction of sp³-hybridized carbons (Fsp3) is 0.643. The Morgan fingerprint density at radius 1 is 1.40 bits per heavy atom. The summed E-state index contributed by atoms with van der Waals surface area (Å²) in [5.41, 5.74) is 0.813. The maximum Gasteiger partial charge on any atom is 0.239 e. The minimum absolute atomic E-state index is 0.0429. The van der Waals surface area contributed by atoms with Gasteiger partial charge in [-0.3, -0.25) is 4.79 Å². The Labute approximate surface area is 125 Å². The summed E-state index contributed by atoms with van der Waals surface area (Å²) >= 11 is 6.20. The van der Waals surface area contributed by atoms with Crippen LogP contribution in [0.4, 0.5) is 5.82 Å². The van der Waals surface area contributed by atoms with Crippen LogP contribution in [0.25, 0.3) is 0 Å². The zero-order valence-corrected chi connectivity index (χ0v) is 13.6. The van der Waals surface area contributed by atoms with Crippen molar-refractivity contribution in [2.75, 3.05) is 25.0 Å². The second kappa shape index (κ2) is 7.43. The van der Waals surface area contributed by atoms with Gasteiger partial charge in [0.1, 0.15) is 16.8 Å². The first-order chi connectivity index (χ1) is 9.40. The second-order valence-electron chi connectivity index (χ2n) is 5.07. The van der Waals surface area contributed by atoms with Crippen molar-refractivity contribution < 1.29 is 4.79 Å². The molecule has 0 spiro atoms. The molecule has 0 aliphatic heterocycles. The summed E-state index contributed by atoms with van der Waals surface area (Å²) in [5.74, 6) is 1.60. The van der Waals surface area contributed by atoms with Crippen molar-refractivity contribution in [3.05, 3.63) is 16.5 Å². The highest BCUT2D eigenvalue weighted by atomic mass is 35.5. The van der Waals surface area contributed by atoms with Crippen LogP contribution in [0, 0.1) is 6.92 Å². The van der Waals surface area contributed by atoms with E-state index in [9.17, 15) is 4.79 Å². The fourth-order valence-corrected chi connectivity index (χ4v) is 2.01. The molecule has 0 bridgehead atoms. The zero-order chi connectivity index (χ0) is 15.3. The summed E-state index contributed by atoms with van der Waals surface area (Å²) in [4.78, 5) is 22.5. The number of rotatable bonds is 6. The van der Waals surface area contributed by atoms with Crippen molar-refractivity contribution in [3.8, 4) is 0 Å². The third-order valence-corrected chi connectivity index (χ3v) is 3.37. The average molecular weight is 299 g/mol. The van der Waals surface area contributed by atoms with Crippen molar-refractivity contribution in [2.45, 2.75) is 40.0 Å². The number of likely N-dealkylation sites (N-methyl/N-ethyl adjacent to an activating group) is 1. The van der Waals surface area contributed by atoms with E-state index in [2.05, 4.69) is 22.2 Å². The molecule has 20 heavy (non-hydrogen) atoms. The molecule has 0 fully saturated rings. The van der Waals surface area contributed by atoms with E-state index in [1.807, 2.05) is 25.7 Å². The summed E-state index contributed by atoms with van der Waals surface area (Å²) in [6, 6.07) is 0. The number of nitrogens with zero attached hydrogens (tertiary/aromatic N) is 3. The minimum atomic E-state index is -0.0429. The molecule has 1 N–H and O–H groups in total. The van der Waals surface area contributed by atoms with Gasteiger partial charge in [0.25, 0.3) is 0 Å². The van der Waals surface area contributed by atoms with Gasteiger partial charge in [-0.1, -0.05) is 32.4 Å². The monoisotopic (exact) mass is 298 g/mol. The molecule has 1 aromatic rings. The van der Waals surface area contributed by atoms with Gasteiger partial charge in [0.15, 0.2) is 0 Å².